The quantitative estimate of drug-likeness (QED) is 0.742. The van der Waals surface area contributed by atoms with Crippen molar-refractivity contribution in [2.45, 2.75) is 19.9 Å². The lowest BCUT2D eigenvalue weighted by molar-refractivity contribution is 0.171. The number of furan rings is 1. The lowest BCUT2D eigenvalue weighted by atomic mass is 10.1. The highest BCUT2D eigenvalue weighted by Gasteiger charge is 2.18. The van der Waals surface area contributed by atoms with Gasteiger partial charge in [-0.05, 0) is 18.2 Å². The van der Waals surface area contributed by atoms with Crippen LogP contribution in [0.2, 0.25) is 0 Å². The van der Waals surface area contributed by atoms with E-state index in [0.717, 1.165) is 28.7 Å². The Kier molecular flexibility index (Phi) is 4.62. The molecule has 3 aromatic rings. The third-order valence-electron chi connectivity index (χ3n) is 4.64. The molecule has 0 spiro atoms. The van der Waals surface area contributed by atoms with Crippen LogP contribution >= 0.6 is 0 Å². The number of hydrogen-bond donors (Lipinski definition) is 1. The summed E-state index contributed by atoms with van der Waals surface area (Å²) in [6.45, 7) is 3.57. The zero-order valence-electron chi connectivity index (χ0n) is 15.5. The second kappa shape index (κ2) is 7.23. The number of nitrogens with one attached hydrogen (secondary N) is 1. The van der Waals surface area contributed by atoms with Crippen LogP contribution in [-0.2, 0) is 13.0 Å². The average Bonchev–Trinajstić information content (AvgIpc) is 3.05. The van der Waals surface area contributed by atoms with E-state index < -0.39 is 0 Å². The predicted octanol–water partition coefficient (Wildman–Crippen LogP) is 4.43. The first kappa shape index (κ1) is 17.3. The molecule has 0 saturated heterocycles. The zero-order chi connectivity index (χ0) is 18.8. The van der Waals surface area contributed by atoms with Crippen LogP contribution in [0.4, 0.5) is 10.5 Å². The number of urea groups is 1. The highest BCUT2D eigenvalue weighted by atomic mass is 16.6. The van der Waals surface area contributed by atoms with Gasteiger partial charge in [0.15, 0.2) is 11.5 Å². The Morgan fingerprint density at radius 1 is 1.11 bits per heavy atom. The minimum atomic E-state index is -0.195. The number of hydrogen-bond acceptors (Lipinski definition) is 4. The van der Waals surface area contributed by atoms with Gasteiger partial charge in [-0.1, -0.05) is 25.1 Å². The lowest BCUT2D eigenvalue weighted by Gasteiger charge is -2.21. The van der Waals surface area contributed by atoms with E-state index in [2.05, 4.69) is 12.2 Å². The first-order chi connectivity index (χ1) is 13.2. The summed E-state index contributed by atoms with van der Waals surface area (Å²) >= 11 is 0. The van der Waals surface area contributed by atoms with Gasteiger partial charge >= 0.3 is 6.03 Å². The fourth-order valence-corrected chi connectivity index (χ4v) is 3.26. The standard InChI is InChI=1S/C21H22N2O4/c1-3-17-16(15-6-4-5-7-18(15)27-17)13-23(2)21(24)22-14-8-9-19-20(12-14)26-11-10-25-19/h4-9,12H,3,10-11,13H2,1-2H3,(H,22,24). The normalized spacial score (nSPS) is 12.8. The number of nitrogens with zero attached hydrogens (tertiary/aromatic N) is 1. The van der Waals surface area contributed by atoms with Crippen molar-refractivity contribution in [1.29, 1.82) is 0 Å². The minimum Gasteiger partial charge on any atom is -0.486 e. The van der Waals surface area contributed by atoms with Gasteiger partial charge in [0.25, 0.3) is 0 Å². The van der Waals surface area contributed by atoms with Crippen LogP contribution in [0.25, 0.3) is 11.0 Å². The Bertz CT molecular complexity index is 979. The van der Waals surface area contributed by atoms with Crippen LogP contribution < -0.4 is 14.8 Å². The smallest absolute Gasteiger partial charge is 0.321 e. The van der Waals surface area contributed by atoms with Gasteiger partial charge in [-0.2, -0.15) is 0 Å². The van der Waals surface area contributed by atoms with E-state index in [4.69, 9.17) is 13.9 Å². The summed E-state index contributed by atoms with van der Waals surface area (Å²) in [6, 6.07) is 13.1. The number of amides is 2. The van der Waals surface area contributed by atoms with Crippen molar-refractivity contribution in [3.8, 4) is 11.5 Å². The Morgan fingerprint density at radius 2 is 1.89 bits per heavy atom. The SMILES string of the molecule is CCc1oc2ccccc2c1CN(C)C(=O)Nc1ccc2c(c1)OCCO2. The summed E-state index contributed by atoms with van der Waals surface area (Å²) in [7, 11) is 1.77. The van der Waals surface area contributed by atoms with Crippen molar-refractivity contribution in [2.75, 3.05) is 25.6 Å². The molecule has 0 aliphatic carbocycles. The molecule has 0 saturated carbocycles. The fourth-order valence-electron chi connectivity index (χ4n) is 3.26. The van der Waals surface area contributed by atoms with E-state index in [-0.39, 0.29) is 6.03 Å². The van der Waals surface area contributed by atoms with Gasteiger partial charge in [0, 0.05) is 36.2 Å². The van der Waals surface area contributed by atoms with Gasteiger partial charge < -0.3 is 24.1 Å². The molecule has 1 aliphatic heterocycles. The minimum absolute atomic E-state index is 0.195. The molecule has 0 bridgehead atoms. The van der Waals surface area contributed by atoms with E-state index in [1.54, 1.807) is 18.0 Å². The number of carbonyl (C=O) groups is 1. The number of anilines is 1. The first-order valence-electron chi connectivity index (χ1n) is 9.06. The van der Waals surface area contributed by atoms with E-state index in [1.165, 1.54) is 0 Å². The van der Waals surface area contributed by atoms with E-state index in [1.807, 2.05) is 36.4 Å². The van der Waals surface area contributed by atoms with Crippen LogP contribution in [0.1, 0.15) is 18.2 Å². The number of benzene rings is 2. The number of ether oxygens (including phenoxy) is 2. The van der Waals surface area contributed by atoms with Gasteiger partial charge in [0.1, 0.15) is 24.6 Å². The molecule has 1 N–H and O–H groups in total. The molecule has 6 heteroatoms. The third kappa shape index (κ3) is 3.43. The summed E-state index contributed by atoms with van der Waals surface area (Å²) in [5.74, 6) is 2.26. The molecule has 1 aliphatic rings. The molecule has 1 aromatic heterocycles. The molecular weight excluding hydrogens is 344 g/mol. The molecular formula is C21H22N2O4. The average molecular weight is 366 g/mol. The number of carbonyl (C=O) groups excluding carboxylic acids is 1. The Hall–Kier alpha value is -3.15. The Labute approximate surface area is 157 Å². The van der Waals surface area contributed by atoms with Crippen molar-refractivity contribution in [3.63, 3.8) is 0 Å². The van der Waals surface area contributed by atoms with Gasteiger partial charge in [0.05, 0.1) is 6.54 Å². The van der Waals surface area contributed by atoms with E-state index >= 15 is 0 Å². The van der Waals surface area contributed by atoms with Crippen molar-refractivity contribution >= 4 is 22.7 Å². The zero-order valence-corrected chi connectivity index (χ0v) is 15.5. The number of rotatable bonds is 4. The van der Waals surface area contributed by atoms with Gasteiger partial charge in [-0.15, -0.1) is 0 Å². The first-order valence-corrected chi connectivity index (χ1v) is 9.06. The predicted molar refractivity (Wildman–Crippen MR) is 104 cm³/mol. The summed E-state index contributed by atoms with van der Waals surface area (Å²) in [4.78, 5) is 14.3. The number of aryl methyl sites for hydroxylation is 1. The molecule has 140 valence electrons. The highest BCUT2D eigenvalue weighted by molar-refractivity contribution is 5.90. The summed E-state index contributed by atoms with van der Waals surface area (Å²) < 4.78 is 17.0. The summed E-state index contributed by atoms with van der Waals surface area (Å²) in [5, 5.41) is 3.96. The molecule has 4 rings (SSSR count). The molecule has 2 amide bonds. The van der Waals surface area contributed by atoms with E-state index in [9.17, 15) is 4.79 Å². The molecule has 0 fully saturated rings. The van der Waals surface area contributed by atoms with Crippen LogP contribution in [-0.4, -0.2) is 31.2 Å². The number of fused-ring (bicyclic) bond motifs is 2. The molecule has 6 nitrogen and oxygen atoms in total. The molecule has 0 radical (unpaired) electrons. The fraction of sp³-hybridized carbons (Fsp3) is 0.286. The Morgan fingerprint density at radius 3 is 2.70 bits per heavy atom. The van der Waals surface area contributed by atoms with Crippen LogP contribution in [0.15, 0.2) is 46.9 Å². The topological polar surface area (TPSA) is 63.9 Å². The monoisotopic (exact) mass is 366 g/mol. The maximum Gasteiger partial charge on any atom is 0.321 e. The third-order valence-corrected chi connectivity index (χ3v) is 4.64. The highest BCUT2D eigenvalue weighted by Crippen LogP contribution is 2.33. The Balaban J connectivity index is 1.50. The summed E-state index contributed by atoms with van der Waals surface area (Å²) in [5.41, 5.74) is 2.57. The van der Waals surface area contributed by atoms with Crippen LogP contribution in [0.5, 0.6) is 11.5 Å². The molecule has 27 heavy (non-hydrogen) atoms. The molecule has 0 atom stereocenters. The maximum absolute atomic E-state index is 12.7. The molecule has 2 heterocycles. The maximum atomic E-state index is 12.7. The van der Waals surface area contributed by atoms with Crippen molar-refractivity contribution in [1.82, 2.24) is 4.90 Å². The van der Waals surface area contributed by atoms with Crippen LogP contribution in [0.3, 0.4) is 0 Å². The number of para-hydroxylation sites is 1. The van der Waals surface area contributed by atoms with Gasteiger partial charge in [-0.3, -0.25) is 0 Å². The van der Waals surface area contributed by atoms with Crippen molar-refractivity contribution < 1.29 is 18.7 Å². The van der Waals surface area contributed by atoms with Gasteiger partial charge in [-0.25, -0.2) is 4.79 Å². The molecule has 2 aromatic carbocycles. The second-order valence-corrected chi connectivity index (χ2v) is 6.50. The largest absolute Gasteiger partial charge is 0.486 e. The van der Waals surface area contributed by atoms with Gasteiger partial charge in [0.2, 0.25) is 0 Å². The van der Waals surface area contributed by atoms with Crippen molar-refractivity contribution in [2.24, 2.45) is 0 Å². The summed E-state index contributed by atoms with van der Waals surface area (Å²) in [6.07, 6.45) is 0.779. The second-order valence-electron chi connectivity index (χ2n) is 6.50. The lowest BCUT2D eigenvalue weighted by Crippen LogP contribution is -2.31. The van der Waals surface area contributed by atoms with Crippen molar-refractivity contribution in [3.05, 3.63) is 53.8 Å². The van der Waals surface area contributed by atoms with E-state index in [0.29, 0.717) is 36.9 Å². The molecule has 0 unspecified atom stereocenters. The van der Waals surface area contributed by atoms with Crippen LogP contribution in [0, 0.1) is 0 Å².